The van der Waals surface area contributed by atoms with Gasteiger partial charge in [-0.1, -0.05) is 36.4 Å². The maximum Gasteiger partial charge on any atom is 0.191 e. The quantitative estimate of drug-likeness (QED) is 0.255. The zero-order valence-electron chi connectivity index (χ0n) is 14.7. The number of guanidine groups is 1. The molecule has 0 aliphatic rings. The van der Waals surface area contributed by atoms with E-state index >= 15 is 0 Å². The second-order valence-electron chi connectivity index (χ2n) is 5.50. The molecule has 0 saturated carbocycles. The number of hydrogen-bond acceptors (Lipinski definition) is 3. The molecular weight excluding hydrogens is 439 g/mol. The third kappa shape index (κ3) is 5.59. The van der Waals surface area contributed by atoms with Crippen LogP contribution in [0.2, 0.25) is 0 Å². The van der Waals surface area contributed by atoms with Crippen molar-refractivity contribution in [2.45, 2.75) is 6.54 Å². The number of ether oxygens (including phenoxy) is 1. The van der Waals surface area contributed by atoms with Gasteiger partial charge in [0.2, 0.25) is 0 Å². The Bertz CT molecular complexity index is 834. The van der Waals surface area contributed by atoms with Crippen molar-refractivity contribution in [3.05, 3.63) is 72.4 Å². The molecule has 6 heteroatoms. The molecule has 0 amide bonds. The fourth-order valence-corrected chi connectivity index (χ4v) is 2.56. The number of hydrogen-bond donors (Lipinski definition) is 2. The molecule has 0 aliphatic heterocycles. The van der Waals surface area contributed by atoms with Gasteiger partial charge in [0.05, 0.1) is 12.1 Å². The molecule has 0 atom stereocenters. The van der Waals surface area contributed by atoms with Crippen molar-refractivity contribution in [3.63, 3.8) is 0 Å². The van der Waals surface area contributed by atoms with Gasteiger partial charge < -0.3 is 15.4 Å². The number of aliphatic imine (C=N–C) groups is 1. The monoisotopic (exact) mass is 462 g/mol. The van der Waals surface area contributed by atoms with Gasteiger partial charge >= 0.3 is 0 Å². The van der Waals surface area contributed by atoms with Crippen molar-refractivity contribution < 1.29 is 4.74 Å². The average molecular weight is 462 g/mol. The number of para-hydroxylation sites is 2. The van der Waals surface area contributed by atoms with Crippen LogP contribution < -0.4 is 15.4 Å². The van der Waals surface area contributed by atoms with Crippen molar-refractivity contribution in [3.8, 4) is 5.75 Å². The summed E-state index contributed by atoms with van der Waals surface area (Å²) in [6.07, 6.45) is 1.84. The highest BCUT2D eigenvalue weighted by Crippen LogP contribution is 2.15. The number of pyridine rings is 1. The molecule has 0 saturated heterocycles. The van der Waals surface area contributed by atoms with Gasteiger partial charge in [-0.2, -0.15) is 0 Å². The van der Waals surface area contributed by atoms with Gasteiger partial charge in [-0.05, 0) is 29.8 Å². The van der Waals surface area contributed by atoms with Crippen LogP contribution in [-0.4, -0.2) is 31.1 Å². The van der Waals surface area contributed by atoms with Crippen LogP contribution in [0, 0.1) is 0 Å². The van der Waals surface area contributed by atoms with Crippen molar-refractivity contribution in [2.75, 3.05) is 20.2 Å². The fraction of sp³-hybridized carbons (Fsp3) is 0.200. The molecule has 136 valence electrons. The van der Waals surface area contributed by atoms with E-state index in [1.165, 1.54) is 5.56 Å². The van der Waals surface area contributed by atoms with Crippen molar-refractivity contribution in [2.24, 2.45) is 4.99 Å². The SMILES string of the molecule is CN=C(NCCOc1ccccc1)NCc1ccnc2ccccc12.I. The summed E-state index contributed by atoms with van der Waals surface area (Å²) in [7, 11) is 1.76. The molecule has 0 fully saturated rings. The van der Waals surface area contributed by atoms with E-state index in [1.54, 1.807) is 7.05 Å². The van der Waals surface area contributed by atoms with E-state index < -0.39 is 0 Å². The van der Waals surface area contributed by atoms with E-state index in [2.05, 4.69) is 26.7 Å². The van der Waals surface area contributed by atoms with Gasteiger partial charge in [0.1, 0.15) is 12.4 Å². The van der Waals surface area contributed by atoms with Gasteiger partial charge in [-0.15, -0.1) is 24.0 Å². The van der Waals surface area contributed by atoms with E-state index in [1.807, 2.05) is 60.8 Å². The van der Waals surface area contributed by atoms with Crippen LogP contribution in [0.1, 0.15) is 5.56 Å². The molecule has 2 N–H and O–H groups in total. The summed E-state index contributed by atoms with van der Waals surface area (Å²) >= 11 is 0. The summed E-state index contributed by atoms with van der Waals surface area (Å²) in [5.74, 6) is 1.62. The van der Waals surface area contributed by atoms with E-state index in [0.717, 1.165) is 22.6 Å². The summed E-state index contributed by atoms with van der Waals surface area (Å²) in [5.41, 5.74) is 2.19. The van der Waals surface area contributed by atoms with Crippen LogP contribution in [0.15, 0.2) is 71.9 Å². The zero-order valence-corrected chi connectivity index (χ0v) is 17.0. The van der Waals surface area contributed by atoms with Gasteiger partial charge in [0.25, 0.3) is 0 Å². The summed E-state index contributed by atoms with van der Waals surface area (Å²) < 4.78 is 5.67. The molecule has 26 heavy (non-hydrogen) atoms. The third-order valence-electron chi connectivity index (χ3n) is 3.82. The smallest absolute Gasteiger partial charge is 0.191 e. The first kappa shape index (κ1) is 20.0. The molecule has 0 radical (unpaired) electrons. The Balaban J connectivity index is 0.00000243. The predicted molar refractivity (Wildman–Crippen MR) is 117 cm³/mol. The van der Waals surface area contributed by atoms with Crippen molar-refractivity contribution >= 4 is 40.8 Å². The Morgan fingerprint density at radius 2 is 1.77 bits per heavy atom. The standard InChI is InChI=1S/C20H22N4O.HI/c1-21-20(23-13-14-25-17-7-3-2-4-8-17)24-15-16-11-12-22-19-10-6-5-9-18(16)19;/h2-12H,13-15H2,1H3,(H2,21,23,24);1H. The number of aromatic nitrogens is 1. The van der Waals surface area contributed by atoms with Gasteiger partial charge in [0, 0.05) is 25.2 Å². The number of benzene rings is 2. The van der Waals surface area contributed by atoms with Crippen LogP contribution in [0.4, 0.5) is 0 Å². The summed E-state index contributed by atoms with van der Waals surface area (Å²) in [5, 5.41) is 7.74. The lowest BCUT2D eigenvalue weighted by Gasteiger charge is -2.13. The van der Waals surface area contributed by atoms with E-state index in [-0.39, 0.29) is 24.0 Å². The number of nitrogens with zero attached hydrogens (tertiary/aromatic N) is 2. The molecule has 5 nitrogen and oxygen atoms in total. The maximum atomic E-state index is 5.67. The van der Waals surface area contributed by atoms with Crippen LogP contribution in [0.3, 0.4) is 0 Å². The summed E-state index contributed by atoms with van der Waals surface area (Å²) in [6.45, 7) is 1.93. The number of fused-ring (bicyclic) bond motifs is 1. The Kier molecular flexibility index (Phi) is 8.14. The fourth-order valence-electron chi connectivity index (χ4n) is 2.56. The molecule has 0 aliphatic carbocycles. The van der Waals surface area contributed by atoms with Crippen molar-refractivity contribution in [1.82, 2.24) is 15.6 Å². The largest absolute Gasteiger partial charge is 0.492 e. The molecule has 1 aromatic heterocycles. The van der Waals surface area contributed by atoms with Gasteiger partial charge in [-0.3, -0.25) is 9.98 Å². The highest BCUT2D eigenvalue weighted by Gasteiger charge is 2.03. The van der Waals surface area contributed by atoms with Crippen LogP contribution >= 0.6 is 24.0 Å². The second kappa shape index (κ2) is 10.6. The Morgan fingerprint density at radius 1 is 1.00 bits per heavy atom. The molecule has 1 heterocycles. The topological polar surface area (TPSA) is 58.5 Å². The maximum absolute atomic E-state index is 5.67. The molecular formula is C20H23IN4O. The Morgan fingerprint density at radius 3 is 2.58 bits per heavy atom. The molecule has 3 rings (SSSR count). The van der Waals surface area contributed by atoms with Crippen LogP contribution in [-0.2, 0) is 6.54 Å². The lowest BCUT2D eigenvalue weighted by Crippen LogP contribution is -2.38. The first-order valence-corrected chi connectivity index (χ1v) is 8.32. The molecule has 0 bridgehead atoms. The third-order valence-corrected chi connectivity index (χ3v) is 3.82. The molecule has 2 aromatic carbocycles. The molecule has 0 spiro atoms. The number of rotatable bonds is 6. The van der Waals surface area contributed by atoms with Gasteiger partial charge in [0.15, 0.2) is 5.96 Å². The normalized spacial score (nSPS) is 10.9. The highest BCUT2D eigenvalue weighted by atomic mass is 127. The minimum atomic E-state index is 0. The minimum absolute atomic E-state index is 0. The first-order valence-electron chi connectivity index (χ1n) is 8.32. The van der Waals surface area contributed by atoms with E-state index in [0.29, 0.717) is 19.7 Å². The minimum Gasteiger partial charge on any atom is -0.492 e. The lowest BCUT2D eigenvalue weighted by atomic mass is 10.1. The summed E-state index contributed by atoms with van der Waals surface area (Å²) in [6, 6.07) is 20.0. The Hall–Kier alpha value is -2.35. The lowest BCUT2D eigenvalue weighted by molar-refractivity contribution is 0.322. The second-order valence-corrected chi connectivity index (χ2v) is 5.50. The van der Waals surface area contributed by atoms with Crippen LogP contribution in [0.5, 0.6) is 5.75 Å². The molecule has 3 aromatic rings. The molecule has 0 unspecified atom stereocenters. The van der Waals surface area contributed by atoms with Gasteiger partial charge in [-0.25, -0.2) is 0 Å². The predicted octanol–water partition coefficient (Wildman–Crippen LogP) is 3.60. The number of nitrogens with one attached hydrogen (secondary N) is 2. The van der Waals surface area contributed by atoms with Crippen LogP contribution in [0.25, 0.3) is 10.9 Å². The number of halogens is 1. The van der Waals surface area contributed by atoms with Crippen molar-refractivity contribution in [1.29, 1.82) is 0 Å². The first-order chi connectivity index (χ1) is 12.4. The van der Waals surface area contributed by atoms with E-state index in [9.17, 15) is 0 Å². The highest BCUT2D eigenvalue weighted by molar-refractivity contribution is 14.0. The summed E-state index contributed by atoms with van der Waals surface area (Å²) in [4.78, 5) is 8.64. The van der Waals surface area contributed by atoms with E-state index in [4.69, 9.17) is 4.74 Å². The Labute approximate surface area is 170 Å². The zero-order chi connectivity index (χ0) is 17.3. The average Bonchev–Trinajstić information content (AvgIpc) is 2.68.